The third-order valence-electron chi connectivity index (χ3n) is 4.79. The highest BCUT2D eigenvalue weighted by atomic mass is 79.9. The molecule has 0 radical (unpaired) electrons. The lowest BCUT2D eigenvalue weighted by Crippen LogP contribution is -2.52. The molecule has 3 amide bonds. The first-order valence-corrected chi connectivity index (χ1v) is 11.8. The van der Waals surface area contributed by atoms with Crippen molar-refractivity contribution < 1.29 is 28.4 Å². The minimum atomic E-state index is -1.33. The summed E-state index contributed by atoms with van der Waals surface area (Å²) in [5, 5.41) is 3.05. The topological polar surface area (TPSA) is 108 Å². The van der Waals surface area contributed by atoms with Crippen LogP contribution in [-0.2, 0) is 36.8 Å². The lowest BCUT2D eigenvalue weighted by Gasteiger charge is -2.29. The number of halogens is 1. The molecule has 2 unspecified atom stereocenters. The summed E-state index contributed by atoms with van der Waals surface area (Å²) >= 11 is 1.94. The Balaban J connectivity index is 1.60. The Morgan fingerprint density at radius 3 is 2.66 bits per heavy atom. The number of nitrogens with zero attached hydrogens (tertiary/aromatic N) is 1. The third-order valence-corrected chi connectivity index (χ3v) is 6.53. The van der Waals surface area contributed by atoms with E-state index in [4.69, 9.17) is 9.47 Å². The Morgan fingerprint density at radius 1 is 1.17 bits per heavy atom. The van der Waals surface area contributed by atoms with Gasteiger partial charge in [0.05, 0.1) is 33.0 Å². The maximum atomic E-state index is 12.8. The SMILES string of the molecule is O=C1CCC(N2Cc3c(cccc3[S+]([O-])CCOCCOCCBr)C2=O)C(=O)N1. The number of hydrogen-bond acceptors (Lipinski definition) is 6. The Hall–Kier alpha value is -1.46. The number of alkyl halides is 1. The third kappa shape index (κ3) is 5.37. The minimum absolute atomic E-state index is 0.200. The van der Waals surface area contributed by atoms with Gasteiger partial charge in [0.2, 0.25) is 11.8 Å². The first-order valence-electron chi connectivity index (χ1n) is 9.39. The van der Waals surface area contributed by atoms with Crippen LogP contribution >= 0.6 is 15.9 Å². The van der Waals surface area contributed by atoms with E-state index >= 15 is 0 Å². The van der Waals surface area contributed by atoms with Crippen LogP contribution in [0.1, 0.15) is 28.8 Å². The molecule has 10 heteroatoms. The van der Waals surface area contributed by atoms with Gasteiger partial charge in [0.15, 0.2) is 4.90 Å². The normalized spacial score (nSPS) is 20.0. The number of carbonyl (C=O) groups is 3. The maximum Gasteiger partial charge on any atom is 0.255 e. The quantitative estimate of drug-likeness (QED) is 0.228. The fourth-order valence-electron chi connectivity index (χ4n) is 3.39. The van der Waals surface area contributed by atoms with Crippen LogP contribution in [0.5, 0.6) is 0 Å². The molecule has 158 valence electrons. The Bertz CT molecular complexity index is 777. The summed E-state index contributed by atoms with van der Waals surface area (Å²) in [5.74, 6) is -0.745. The molecule has 1 aromatic carbocycles. The molecule has 1 aromatic rings. The first-order chi connectivity index (χ1) is 14.0. The predicted octanol–water partition coefficient (Wildman–Crippen LogP) is 0.983. The smallest absolute Gasteiger partial charge is 0.255 e. The van der Waals surface area contributed by atoms with Crippen LogP contribution in [0.25, 0.3) is 0 Å². The highest BCUT2D eigenvalue weighted by Gasteiger charge is 2.41. The summed E-state index contributed by atoms with van der Waals surface area (Å²) in [5.41, 5.74) is 1.14. The van der Waals surface area contributed by atoms with Crippen molar-refractivity contribution in [3.05, 3.63) is 29.3 Å². The molecule has 0 aromatic heterocycles. The second-order valence-corrected chi connectivity index (χ2v) is 8.98. The molecular weight excluding hydrogens is 464 g/mol. The van der Waals surface area contributed by atoms with Gasteiger partial charge in [-0.25, -0.2) is 0 Å². The van der Waals surface area contributed by atoms with E-state index in [1.165, 1.54) is 4.90 Å². The predicted molar refractivity (Wildman–Crippen MR) is 109 cm³/mol. The van der Waals surface area contributed by atoms with Crippen molar-refractivity contribution in [2.75, 3.05) is 37.5 Å². The van der Waals surface area contributed by atoms with E-state index in [0.29, 0.717) is 54.6 Å². The van der Waals surface area contributed by atoms with Gasteiger partial charge in [0.1, 0.15) is 11.8 Å². The van der Waals surface area contributed by atoms with Crippen molar-refractivity contribution >= 4 is 44.8 Å². The minimum Gasteiger partial charge on any atom is -0.611 e. The van der Waals surface area contributed by atoms with E-state index in [1.54, 1.807) is 18.2 Å². The molecule has 2 atom stereocenters. The van der Waals surface area contributed by atoms with Crippen molar-refractivity contribution in [2.24, 2.45) is 0 Å². The second-order valence-electron chi connectivity index (χ2n) is 6.65. The van der Waals surface area contributed by atoms with E-state index in [0.717, 1.165) is 5.33 Å². The molecule has 0 saturated carbocycles. The van der Waals surface area contributed by atoms with Crippen LogP contribution in [0.15, 0.2) is 23.1 Å². The number of ether oxygens (including phenoxy) is 2. The van der Waals surface area contributed by atoms with Gasteiger partial charge in [-0.3, -0.25) is 19.7 Å². The van der Waals surface area contributed by atoms with E-state index < -0.39 is 23.1 Å². The van der Waals surface area contributed by atoms with Gasteiger partial charge in [0, 0.05) is 22.9 Å². The second kappa shape index (κ2) is 10.5. The fourth-order valence-corrected chi connectivity index (χ4v) is 4.79. The van der Waals surface area contributed by atoms with E-state index in [9.17, 15) is 18.9 Å². The van der Waals surface area contributed by atoms with Crippen molar-refractivity contribution in [1.82, 2.24) is 10.2 Å². The van der Waals surface area contributed by atoms with Gasteiger partial charge in [-0.05, 0) is 29.7 Å². The van der Waals surface area contributed by atoms with Crippen molar-refractivity contribution in [2.45, 2.75) is 30.3 Å². The molecule has 0 spiro atoms. The van der Waals surface area contributed by atoms with Crippen LogP contribution in [0, 0.1) is 0 Å². The molecule has 29 heavy (non-hydrogen) atoms. The van der Waals surface area contributed by atoms with Gasteiger partial charge >= 0.3 is 0 Å². The lowest BCUT2D eigenvalue weighted by molar-refractivity contribution is -0.136. The summed E-state index contributed by atoms with van der Waals surface area (Å²) in [6.45, 7) is 2.05. The molecule has 1 saturated heterocycles. The monoisotopic (exact) mass is 486 g/mol. The van der Waals surface area contributed by atoms with Crippen LogP contribution in [-0.4, -0.2) is 70.7 Å². The average molecular weight is 487 g/mol. The summed E-state index contributed by atoms with van der Waals surface area (Å²) in [6, 6.07) is 4.45. The molecule has 2 aliphatic heterocycles. The zero-order valence-corrected chi connectivity index (χ0v) is 18.3. The van der Waals surface area contributed by atoms with Gasteiger partial charge in [-0.1, -0.05) is 22.0 Å². The van der Waals surface area contributed by atoms with Gasteiger partial charge in [0.25, 0.3) is 5.91 Å². The molecule has 2 heterocycles. The van der Waals surface area contributed by atoms with Gasteiger partial charge < -0.3 is 18.9 Å². The zero-order valence-electron chi connectivity index (χ0n) is 15.9. The lowest BCUT2D eigenvalue weighted by atomic mass is 10.0. The number of hydrogen-bond donors (Lipinski definition) is 1. The summed E-state index contributed by atoms with van der Waals surface area (Å²) in [6.07, 6.45) is 0.500. The van der Waals surface area contributed by atoms with E-state index in [1.807, 2.05) is 0 Å². The number of fused-ring (bicyclic) bond motifs is 1. The molecule has 1 fully saturated rings. The molecule has 8 nitrogen and oxygen atoms in total. The number of amides is 3. The van der Waals surface area contributed by atoms with Gasteiger partial charge in [-0.15, -0.1) is 0 Å². The van der Waals surface area contributed by atoms with Crippen molar-refractivity contribution in [3.8, 4) is 0 Å². The molecule has 0 bridgehead atoms. The summed E-state index contributed by atoms with van der Waals surface area (Å²) < 4.78 is 23.5. The van der Waals surface area contributed by atoms with Crippen molar-refractivity contribution in [1.29, 1.82) is 0 Å². The van der Waals surface area contributed by atoms with Crippen LogP contribution in [0.4, 0.5) is 0 Å². The van der Waals surface area contributed by atoms with Crippen LogP contribution in [0.3, 0.4) is 0 Å². The van der Waals surface area contributed by atoms with Crippen molar-refractivity contribution in [3.63, 3.8) is 0 Å². The van der Waals surface area contributed by atoms with E-state index in [-0.39, 0.29) is 24.8 Å². The number of imide groups is 1. The maximum absolute atomic E-state index is 12.8. The molecule has 3 rings (SSSR count). The Labute approximate surface area is 180 Å². The molecular formula is C19H23BrN2O6S. The van der Waals surface area contributed by atoms with E-state index in [2.05, 4.69) is 21.2 Å². The number of benzene rings is 1. The molecule has 2 aliphatic rings. The van der Waals surface area contributed by atoms with Crippen LogP contribution in [0.2, 0.25) is 0 Å². The van der Waals surface area contributed by atoms with Crippen LogP contribution < -0.4 is 5.32 Å². The highest BCUT2D eigenvalue weighted by molar-refractivity contribution is 9.09. The number of nitrogens with one attached hydrogen (secondary N) is 1. The summed E-state index contributed by atoms with van der Waals surface area (Å²) in [7, 11) is 0. The highest BCUT2D eigenvalue weighted by Crippen LogP contribution is 2.32. The largest absolute Gasteiger partial charge is 0.611 e. The molecule has 1 N–H and O–H groups in total. The number of rotatable bonds is 10. The Morgan fingerprint density at radius 2 is 1.93 bits per heavy atom. The number of piperidine rings is 1. The van der Waals surface area contributed by atoms with Gasteiger partial charge in [-0.2, -0.15) is 0 Å². The molecule has 0 aliphatic carbocycles. The standard InChI is InChI=1S/C19H23BrN2O6S/c20-6-7-27-8-9-28-10-11-29(26)16-3-1-2-13-14(16)12-22(19(13)25)15-4-5-17(23)21-18(15)24/h1-3,15H,4-12H2,(H,21,23,24). The number of carbonyl (C=O) groups excluding carboxylic acids is 3. The average Bonchev–Trinajstić information content (AvgIpc) is 3.04. The first kappa shape index (κ1) is 22.2. The zero-order chi connectivity index (χ0) is 20.8. The Kier molecular flexibility index (Phi) is 8.07. The summed E-state index contributed by atoms with van der Waals surface area (Å²) in [4.78, 5) is 38.4. The fraction of sp³-hybridized carbons (Fsp3) is 0.526.